The number of nitrogens with zero attached hydrogens (tertiary/aromatic N) is 4. The van der Waals surface area contributed by atoms with Crippen LogP contribution < -0.4 is 10.5 Å². The number of benzene rings is 2. The van der Waals surface area contributed by atoms with Gasteiger partial charge in [0.05, 0.1) is 24.1 Å². The molecule has 0 amide bonds. The summed E-state index contributed by atoms with van der Waals surface area (Å²) in [7, 11) is 2.15. The summed E-state index contributed by atoms with van der Waals surface area (Å²) in [5.41, 5.74) is 2.95. The summed E-state index contributed by atoms with van der Waals surface area (Å²) >= 11 is 0. The van der Waals surface area contributed by atoms with Gasteiger partial charge in [-0.25, -0.2) is 0 Å². The highest BCUT2D eigenvalue weighted by molar-refractivity contribution is 6.02. The fraction of sp³-hybridized carbons (Fsp3) is 0.379. The van der Waals surface area contributed by atoms with Crippen LogP contribution in [0.4, 0.5) is 11.4 Å². The van der Waals surface area contributed by atoms with E-state index in [1.165, 1.54) is 5.69 Å². The summed E-state index contributed by atoms with van der Waals surface area (Å²) in [4.78, 5) is 26.6. The largest absolute Gasteiger partial charge is 0.500 e. The van der Waals surface area contributed by atoms with Gasteiger partial charge in [-0.15, -0.1) is 0 Å². The van der Waals surface area contributed by atoms with Crippen LogP contribution in [0.25, 0.3) is 16.8 Å². The molecule has 1 fully saturated rings. The first kappa shape index (κ1) is 26.4. The molecule has 1 aliphatic rings. The lowest BCUT2D eigenvalue weighted by Gasteiger charge is -2.34. The number of fused-ring (bicyclic) bond motifs is 1. The van der Waals surface area contributed by atoms with E-state index in [0.29, 0.717) is 22.9 Å². The average Bonchev–Trinajstić information content (AvgIpc) is 2.91. The Bertz CT molecular complexity index is 1290. The van der Waals surface area contributed by atoms with Gasteiger partial charge in [0.25, 0.3) is 5.56 Å². The molecule has 1 saturated heterocycles. The van der Waals surface area contributed by atoms with Crippen molar-refractivity contribution in [3.63, 3.8) is 0 Å². The third-order valence-electron chi connectivity index (χ3n) is 6.90. The first-order chi connectivity index (χ1) is 18.0. The van der Waals surface area contributed by atoms with Crippen molar-refractivity contribution >= 4 is 34.4 Å². The Hall–Kier alpha value is -3.62. The van der Waals surface area contributed by atoms with E-state index in [1.54, 1.807) is 18.5 Å². The Morgan fingerprint density at radius 1 is 1.05 bits per heavy atom. The Morgan fingerprint density at radius 2 is 1.78 bits per heavy atom. The molecule has 2 heterocycles. The van der Waals surface area contributed by atoms with Crippen molar-refractivity contribution in [1.29, 1.82) is 0 Å². The van der Waals surface area contributed by atoms with Gasteiger partial charge in [0.15, 0.2) is 0 Å². The lowest BCUT2D eigenvalue weighted by atomic mass is 10.0. The van der Waals surface area contributed by atoms with E-state index in [1.807, 2.05) is 30.3 Å². The van der Waals surface area contributed by atoms with Gasteiger partial charge in [0.1, 0.15) is 0 Å². The van der Waals surface area contributed by atoms with Crippen LogP contribution in [0.2, 0.25) is 0 Å². The summed E-state index contributed by atoms with van der Waals surface area (Å²) in [6.45, 7) is 11.9. The molecule has 0 aliphatic carbocycles. The summed E-state index contributed by atoms with van der Waals surface area (Å²) in [5.74, 6) is -0.202. The molecule has 8 nitrogen and oxygen atoms in total. The Morgan fingerprint density at radius 3 is 2.49 bits per heavy atom. The number of aromatic hydroxyl groups is 1. The van der Waals surface area contributed by atoms with Gasteiger partial charge in [0, 0.05) is 55.4 Å². The molecule has 0 radical (unpaired) electrons. The number of ether oxygens (including phenoxy) is 1. The predicted molar refractivity (Wildman–Crippen MR) is 152 cm³/mol. The standard InChI is InChI=1S/C29H37N5O3/c1-4-33(5-2)17-19-37-18-12-22-6-11-25-26(20-22)27(29(36)31-28(25)35)21-30-23-7-9-24(10-8-23)34-15-13-32(3)14-16-34/h6-12,18,20-21H,4-5,13-17,19H2,1-3H3,(H2,31,35,36). The minimum absolute atomic E-state index is 0.202. The van der Waals surface area contributed by atoms with Crippen LogP contribution >= 0.6 is 0 Å². The molecule has 0 bridgehead atoms. The summed E-state index contributed by atoms with van der Waals surface area (Å²) < 4.78 is 5.65. The number of piperazine rings is 1. The van der Waals surface area contributed by atoms with Crippen LogP contribution in [0.3, 0.4) is 0 Å². The van der Waals surface area contributed by atoms with Crippen molar-refractivity contribution in [1.82, 2.24) is 14.8 Å². The van der Waals surface area contributed by atoms with E-state index in [2.05, 4.69) is 57.7 Å². The Labute approximate surface area is 218 Å². The fourth-order valence-electron chi connectivity index (χ4n) is 4.46. The van der Waals surface area contributed by atoms with Crippen LogP contribution in [0, 0.1) is 0 Å². The lowest BCUT2D eigenvalue weighted by molar-refractivity contribution is 0.188. The van der Waals surface area contributed by atoms with Crippen molar-refractivity contribution in [3.05, 3.63) is 70.2 Å². The molecule has 196 valence electrons. The molecule has 0 saturated carbocycles. The zero-order valence-electron chi connectivity index (χ0n) is 22.0. The van der Waals surface area contributed by atoms with E-state index in [4.69, 9.17) is 4.74 Å². The molecule has 2 N–H and O–H groups in total. The minimum Gasteiger partial charge on any atom is -0.500 e. The number of aromatic nitrogens is 1. The fourth-order valence-corrected chi connectivity index (χ4v) is 4.46. The van der Waals surface area contributed by atoms with E-state index >= 15 is 0 Å². The SMILES string of the molecule is CCN(CC)CCOC=Cc1ccc2c(=O)[nH]c(O)c(C=Nc3ccc(N4CCN(C)CC4)cc3)c2c1. The van der Waals surface area contributed by atoms with Gasteiger partial charge < -0.3 is 24.5 Å². The van der Waals surface area contributed by atoms with Crippen LogP contribution in [0.1, 0.15) is 25.0 Å². The first-order valence-electron chi connectivity index (χ1n) is 13.0. The third kappa shape index (κ3) is 6.78. The van der Waals surface area contributed by atoms with Crippen LogP contribution in [-0.2, 0) is 4.74 Å². The van der Waals surface area contributed by atoms with Crippen LogP contribution in [0.5, 0.6) is 5.88 Å². The number of H-pyrrole nitrogens is 1. The maximum absolute atomic E-state index is 12.5. The predicted octanol–water partition coefficient (Wildman–Crippen LogP) is 4.07. The second-order valence-electron chi connectivity index (χ2n) is 9.29. The summed E-state index contributed by atoms with van der Waals surface area (Å²) in [6.07, 6.45) is 5.14. The number of rotatable bonds is 10. The molecule has 2 aromatic carbocycles. The number of likely N-dealkylation sites (N-methyl/N-ethyl adjacent to an activating group) is 2. The van der Waals surface area contributed by atoms with Gasteiger partial charge in [-0.1, -0.05) is 19.9 Å². The van der Waals surface area contributed by atoms with E-state index < -0.39 is 0 Å². The number of anilines is 1. The quantitative estimate of drug-likeness (QED) is 0.247. The van der Waals surface area contributed by atoms with Crippen molar-refractivity contribution in [3.8, 4) is 5.88 Å². The highest BCUT2D eigenvalue weighted by Gasteiger charge is 2.14. The number of nitrogens with one attached hydrogen (secondary N) is 1. The molecule has 8 heteroatoms. The molecule has 0 atom stereocenters. The molecule has 3 aromatic rings. The Kier molecular flexibility index (Phi) is 8.98. The van der Waals surface area contributed by atoms with Crippen molar-refractivity contribution in [2.24, 2.45) is 4.99 Å². The maximum atomic E-state index is 12.5. The molecule has 1 aliphatic heterocycles. The molecule has 37 heavy (non-hydrogen) atoms. The van der Waals surface area contributed by atoms with Crippen molar-refractivity contribution in [2.75, 3.05) is 64.4 Å². The highest BCUT2D eigenvalue weighted by Crippen LogP contribution is 2.25. The minimum atomic E-state index is -0.341. The zero-order chi connectivity index (χ0) is 26.2. The number of aromatic amines is 1. The van der Waals surface area contributed by atoms with Crippen molar-refractivity contribution < 1.29 is 9.84 Å². The van der Waals surface area contributed by atoms with Gasteiger partial charge in [0.2, 0.25) is 5.88 Å². The number of hydrogen-bond donors (Lipinski definition) is 2. The van der Waals surface area contributed by atoms with Gasteiger partial charge in [-0.05, 0) is 68.2 Å². The average molecular weight is 504 g/mol. The topological polar surface area (TPSA) is 84.4 Å². The molecule has 0 unspecified atom stereocenters. The molecular weight excluding hydrogens is 466 g/mol. The normalized spacial score (nSPS) is 15.0. The lowest BCUT2D eigenvalue weighted by Crippen LogP contribution is -2.44. The number of pyridine rings is 1. The third-order valence-corrected chi connectivity index (χ3v) is 6.90. The summed E-state index contributed by atoms with van der Waals surface area (Å²) in [5, 5.41) is 11.7. The van der Waals surface area contributed by atoms with Crippen LogP contribution in [0.15, 0.2) is 58.5 Å². The van der Waals surface area contributed by atoms with E-state index in [-0.39, 0.29) is 11.4 Å². The van der Waals surface area contributed by atoms with Gasteiger partial charge in [-0.2, -0.15) is 0 Å². The highest BCUT2D eigenvalue weighted by atomic mass is 16.5. The molecule has 0 spiro atoms. The van der Waals surface area contributed by atoms with Crippen molar-refractivity contribution in [2.45, 2.75) is 13.8 Å². The zero-order valence-corrected chi connectivity index (χ0v) is 22.0. The second-order valence-corrected chi connectivity index (χ2v) is 9.29. The summed E-state index contributed by atoms with van der Waals surface area (Å²) in [6, 6.07) is 13.6. The smallest absolute Gasteiger partial charge is 0.258 e. The van der Waals surface area contributed by atoms with Crippen LogP contribution in [-0.4, -0.2) is 85.6 Å². The van der Waals surface area contributed by atoms with Gasteiger partial charge in [-0.3, -0.25) is 14.8 Å². The van der Waals surface area contributed by atoms with E-state index in [0.717, 1.165) is 57.1 Å². The number of aliphatic imine (C=N–C) groups is 1. The monoisotopic (exact) mass is 503 g/mol. The maximum Gasteiger partial charge on any atom is 0.258 e. The molecule has 1 aromatic heterocycles. The van der Waals surface area contributed by atoms with Gasteiger partial charge >= 0.3 is 0 Å². The number of hydrogen-bond acceptors (Lipinski definition) is 7. The molecular formula is C29H37N5O3. The molecule has 4 rings (SSSR count). The van der Waals surface area contributed by atoms with E-state index in [9.17, 15) is 9.90 Å². The second kappa shape index (κ2) is 12.6. The first-order valence-corrected chi connectivity index (χ1v) is 13.0. The Balaban J connectivity index is 1.50.